The number of furan rings is 1. The van der Waals surface area contributed by atoms with Crippen molar-refractivity contribution >= 4 is 34.8 Å². The summed E-state index contributed by atoms with van der Waals surface area (Å²) >= 11 is 5.99. The Balaban J connectivity index is 1.59. The molecule has 0 radical (unpaired) electrons. The molecule has 1 heterocycles. The number of amides is 2. The van der Waals surface area contributed by atoms with Crippen LogP contribution in [0.5, 0.6) is 0 Å². The van der Waals surface area contributed by atoms with E-state index in [2.05, 4.69) is 15.8 Å². The Morgan fingerprint density at radius 1 is 1.06 bits per heavy atom. The predicted octanol–water partition coefficient (Wildman–Crippen LogP) is 5.98. The van der Waals surface area contributed by atoms with Crippen molar-refractivity contribution in [2.24, 2.45) is 5.10 Å². The molecular weight excluding hydrogens is 471 g/mol. The van der Waals surface area contributed by atoms with E-state index >= 15 is 0 Å². The highest BCUT2D eigenvalue weighted by Gasteiger charge is 2.32. The minimum absolute atomic E-state index is 0.0406. The Morgan fingerprint density at radius 3 is 2.50 bits per heavy atom. The first kappa shape index (κ1) is 23.6. The number of carbonyl (C=O) groups excluding carboxylic acids is 2. The van der Waals surface area contributed by atoms with Gasteiger partial charge in [-0.15, -0.1) is 0 Å². The van der Waals surface area contributed by atoms with Crippen molar-refractivity contribution < 1.29 is 27.2 Å². The van der Waals surface area contributed by atoms with Gasteiger partial charge >= 0.3 is 6.18 Å². The van der Waals surface area contributed by atoms with E-state index in [1.807, 2.05) is 0 Å². The fourth-order valence-corrected chi connectivity index (χ4v) is 3.91. The third kappa shape index (κ3) is 4.84. The van der Waals surface area contributed by atoms with Crippen LogP contribution < -0.4 is 10.7 Å². The van der Waals surface area contributed by atoms with E-state index in [1.165, 1.54) is 0 Å². The second-order valence-electron chi connectivity index (χ2n) is 7.72. The van der Waals surface area contributed by atoms with Gasteiger partial charge < -0.3 is 9.73 Å². The Bertz CT molecular complexity index is 1280. The van der Waals surface area contributed by atoms with Gasteiger partial charge in [-0.3, -0.25) is 9.59 Å². The van der Waals surface area contributed by atoms with Gasteiger partial charge in [0, 0.05) is 23.1 Å². The van der Waals surface area contributed by atoms with Crippen LogP contribution in [0.2, 0.25) is 5.02 Å². The van der Waals surface area contributed by atoms with Crippen LogP contribution in [0.15, 0.2) is 58.0 Å². The van der Waals surface area contributed by atoms with E-state index in [0.29, 0.717) is 47.4 Å². The van der Waals surface area contributed by atoms with Gasteiger partial charge in [-0.05, 0) is 50.1 Å². The van der Waals surface area contributed by atoms with Crippen LogP contribution in [0, 0.1) is 6.92 Å². The number of benzene rings is 2. The van der Waals surface area contributed by atoms with E-state index in [-0.39, 0.29) is 22.4 Å². The topological polar surface area (TPSA) is 83.7 Å². The lowest BCUT2D eigenvalue weighted by Gasteiger charge is -2.13. The second-order valence-corrected chi connectivity index (χ2v) is 8.13. The molecule has 0 atom stereocenters. The fourth-order valence-electron chi connectivity index (χ4n) is 3.75. The number of rotatable bonds is 4. The molecule has 1 aliphatic rings. The summed E-state index contributed by atoms with van der Waals surface area (Å²) in [6.45, 7) is 1.66. The largest absolute Gasteiger partial charge is 0.455 e. The quantitative estimate of drug-likeness (QED) is 0.442. The van der Waals surface area contributed by atoms with E-state index in [4.69, 9.17) is 16.0 Å². The summed E-state index contributed by atoms with van der Waals surface area (Å²) in [4.78, 5) is 25.2. The highest BCUT2D eigenvalue weighted by Crippen LogP contribution is 2.35. The summed E-state index contributed by atoms with van der Waals surface area (Å²) in [6.07, 6.45) is -2.78. The zero-order valence-electron chi connectivity index (χ0n) is 17.9. The fraction of sp³-hybridized carbons (Fsp3) is 0.208. The molecule has 2 aromatic carbocycles. The molecule has 0 saturated heterocycles. The maximum Gasteiger partial charge on any atom is 0.416 e. The molecule has 2 amide bonds. The van der Waals surface area contributed by atoms with Crippen molar-refractivity contribution in [3.8, 4) is 0 Å². The van der Waals surface area contributed by atoms with Gasteiger partial charge in [0.1, 0.15) is 5.76 Å². The summed E-state index contributed by atoms with van der Waals surface area (Å²) in [5, 5.41) is 6.61. The average molecular weight is 490 g/mol. The molecule has 0 saturated carbocycles. The summed E-state index contributed by atoms with van der Waals surface area (Å²) in [5.41, 5.74) is 3.50. The molecule has 1 aromatic heterocycles. The molecule has 6 nitrogen and oxygen atoms in total. The smallest absolute Gasteiger partial charge is 0.416 e. The molecule has 3 aromatic rings. The van der Waals surface area contributed by atoms with E-state index in [9.17, 15) is 22.8 Å². The average Bonchev–Trinajstić information content (AvgIpc) is 3.16. The van der Waals surface area contributed by atoms with Crippen LogP contribution in [0.1, 0.15) is 56.2 Å². The van der Waals surface area contributed by atoms with Crippen LogP contribution in [-0.2, 0) is 12.6 Å². The summed E-state index contributed by atoms with van der Waals surface area (Å²) in [5.74, 6) is -0.640. The summed E-state index contributed by atoms with van der Waals surface area (Å²) in [7, 11) is 0. The van der Waals surface area contributed by atoms with Gasteiger partial charge in [0.25, 0.3) is 11.8 Å². The van der Waals surface area contributed by atoms with Crippen LogP contribution in [0.3, 0.4) is 0 Å². The van der Waals surface area contributed by atoms with Crippen molar-refractivity contribution in [2.45, 2.75) is 32.4 Å². The number of hydrazone groups is 1. The minimum Gasteiger partial charge on any atom is -0.455 e. The SMILES string of the molecule is Cc1c(C(=O)Nc2cc(C(F)(F)F)ccc2Cl)oc2c1/C(=N/NC(=O)c1ccccc1)CCC2. The monoisotopic (exact) mass is 489 g/mol. The number of anilines is 1. The lowest BCUT2D eigenvalue weighted by molar-refractivity contribution is -0.137. The number of hydrogen-bond donors (Lipinski definition) is 2. The van der Waals surface area contributed by atoms with Gasteiger partial charge in [-0.2, -0.15) is 18.3 Å². The first-order valence-corrected chi connectivity index (χ1v) is 10.8. The Labute approximate surface area is 197 Å². The highest BCUT2D eigenvalue weighted by molar-refractivity contribution is 6.34. The van der Waals surface area contributed by atoms with Gasteiger partial charge in [0.15, 0.2) is 5.76 Å². The van der Waals surface area contributed by atoms with Crippen molar-refractivity contribution in [1.82, 2.24) is 5.43 Å². The number of hydrogen-bond acceptors (Lipinski definition) is 4. The Morgan fingerprint density at radius 2 is 1.79 bits per heavy atom. The van der Waals surface area contributed by atoms with Crippen molar-refractivity contribution in [1.29, 1.82) is 0 Å². The van der Waals surface area contributed by atoms with Gasteiger partial charge in [-0.25, -0.2) is 5.43 Å². The Kier molecular flexibility index (Phi) is 6.47. The van der Waals surface area contributed by atoms with E-state index < -0.39 is 17.6 Å². The molecule has 2 N–H and O–H groups in total. The summed E-state index contributed by atoms with van der Waals surface area (Å²) in [6, 6.07) is 11.3. The number of fused-ring (bicyclic) bond motifs is 1. The molecule has 0 unspecified atom stereocenters. The van der Waals surface area contributed by atoms with Crippen molar-refractivity contribution in [3.63, 3.8) is 0 Å². The number of carbonyl (C=O) groups is 2. The molecule has 1 aliphatic carbocycles. The van der Waals surface area contributed by atoms with Crippen LogP contribution in [-0.4, -0.2) is 17.5 Å². The molecule has 0 spiro atoms. The molecule has 4 rings (SSSR count). The third-order valence-electron chi connectivity index (χ3n) is 5.40. The molecule has 176 valence electrons. The number of halogens is 4. The molecule has 34 heavy (non-hydrogen) atoms. The number of alkyl halides is 3. The van der Waals surface area contributed by atoms with Crippen LogP contribution >= 0.6 is 11.6 Å². The first-order chi connectivity index (χ1) is 16.1. The van der Waals surface area contributed by atoms with E-state index in [0.717, 1.165) is 18.2 Å². The van der Waals surface area contributed by atoms with Crippen molar-refractivity contribution in [2.75, 3.05) is 5.32 Å². The van der Waals surface area contributed by atoms with Gasteiger partial charge in [-0.1, -0.05) is 29.8 Å². The zero-order valence-corrected chi connectivity index (χ0v) is 18.7. The van der Waals surface area contributed by atoms with Gasteiger partial charge in [0.05, 0.1) is 22.0 Å². The van der Waals surface area contributed by atoms with Gasteiger partial charge in [0.2, 0.25) is 0 Å². The maximum atomic E-state index is 13.0. The highest BCUT2D eigenvalue weighted by atomic mass is 35.5. The lowest BCUT2D eigenvalue weighted by atomic mass is 9.93. The lowest BCUT2D eigenvalue weighted by Crippen LogP contribution is -2.22. The number of nitrogens with zero attached hydrogens (tertiary/aromatic N) is 1. The molecule has 10 heteroatoms. The summed E-state index contributed by atoms with van der Waals surface area (Å²) < 4.78 is 44.9. The van der Waals surface area contributed by atoms with Crippen LogP contribution in [0.25, 0.3) is 0 Å². The number of nitrogens with one attached hydrogen (secondary N) is 2. The first-order valence-electron chi connectivity index (χ1n) is 10.4. The molecule has 0 fully saturated rings. The normalized spacial score (nSPS) is 14.6. The molecular formula is C24H19ClF3N3O3. The molecule has 0 bridgehead atoms. The zero-order chi connectivity index (χ0) is 24.5. The maximum absolute atomic E-state index is 13.0. The molecule has 0 aliphatic heterocycles. The van der Waals surface area contributed by atoms with Crippen molar-refractivity contribution in [3.05, 3.63) is 87.3 Å². The number of aryl methyl sites for hydroxylation is 1. The van der Waals surface area contributed by atoms with Crippen LogP contribution in [0.4, 0.5) is 18.9 Å². The Hall–Kier alpha value is -3.59. The predicted molar refractivity (Wildman–Crippen MR) is 121 cm³/mol. The minimum atomic E-state index is -4.58. The second kappa shape index (κ2) is 9.34. The standard InChI is InChI=1S/C24H19ClF3N3O3/c1-13-20-17(30-31-22(32)14-6-3-2-4-7-14)8-5-9-19(20)34-21(13)23(33)29-18-12-15(24(26,27)28)10-11-16(18)25/h2-4,6-7,10-12H,5,8-9H2,1H3,(H,29,33)(H,31,32)/b30-17+. The third-order valence-corrected chi connectivity index (χ3v) is 5.73. The van der Waals surface area contributed by atoms with E-state index in [1.54, 1.807) is 37.3 Å².